The number of benzene rings is 2. The molecule has 2 aromatic carbocycles. The third kappa shape index (κ3) is 3.09. The number of hydrogen-bond donors (Lipinski definition) is 1. The summed E-state index contributed by atoms with van der Waals surface area (Å²) >= 11 is 0. The molecule has 0 saturated heterocycles. The summed E-state index contributed by atoms with van der Waals surface area (Å²) in [6.07, 6.45) is 0. The van der Waals surface area contributed by atoms with Crippen LogP contribution in [0.2, 0.25) is 0 Å². The molecule has 1 aromatic heterocycles. The molecule has 2 heterocycles. The maximum atomic E-state index is 11.4. The SMILES string of the molecule is COc1ccc(-n2nc([N+](=O)[O-])c(=NCc3ccc4c(c3)OCO4)n2O)cc1. The number of methoxy groups -OCH3 is 1. The van der Waals surface area contributed by atoms with E-state index in [1.165, 1.54) is 7.11 Å². The first kappa shape index (κ1) is 17.4. The van der Waals surface area contributed by atoms with Crippen molar-refractivity contribution < 1.29 is 24.3 Å². The number of rotatable bonds is 5. The second-order valence-electron chi connectivity index (χ2n) is 5.79. The fraction of sp³-hybridized carbons (Fsp3) is 0.176. The number of aromatic nitrogens is 3. The lowest BCUT2D eigenvalue weighted by Crippen LogP contribution is -2.22. The van der Waals surface area contributed by atoms with E-state index in [9.17, 15) is 15.3 Å². The maximum absolute atomic E-state index is 11.4. The van der Waals surface area contributed by atoms with Gasteiger partial charge in [-0.2, -0.15) is 0 Å². The number of nitrogens with zero attached hydrogens (tertiary/aromatic N) is 5. The molecule has 0 bridgehead atoms. The lowest BCUT2D eigenvalue weighted by molar-refractivity contribution is -0.391. The highest BCUT2D eigenvalue weighted by Gasteiger charge is 2.24. The first-order valence-corrected chi connectivity index (χ1v) is 8.16. The van der Waals surface area contributed by atoms with E-state index < -0.39 is 10.7 Å². The predicted octanol–water partition coefficient (Wildman–Crippen LogP) is 1.66. The average Bonchev–Trinajstić information content (AvgIpc) is 3.30. The molecule has 28 heavy (non-hydrogen) atoms. The lowest BCUT2D eigenvalue weighted by atomic mass is 10.2. The van der Waals surface area contributed by atoms with Gasteiger partial charge in [-0.3, -0.25) is 4.99 Å². The summed E-state index contributed by atoms with van der Waals surface area (Å²) < 4.78 is 15.6. The Labute approximate surface area is 157 Å². The van der Waals surface area contributed by atoms with E-state index in [1.54, 1.807) is 42.5 Å². The number of ether oxygens (including phenoxy) is 3. The molecule has 0 aliphatic carbocycles. The van der Waals surface area contributed by atoms with Crippen molar-refractivity contribution in [3.63, 3.8) is 0 Å². The Bertz CT molecular complexity index is 1100. The van der Waals surface area contributed by atoms with Crippen LogP contribution in [0.5, 0.6) is 17.2 Å². The molecule has 4 rings (SSSR count). The molecule has 0 amide bonds. The molecule has 0 fully saturated rings. The van der Waals surface area contributed by atoms with E-state index >= 15 is 0 Å². The smallest absolute Gasteiger partial charge is 0.438 e. The zero-order valence-electron chi connectivity index (χ0n) is 14.7. The van der Waals surface area contributed by atoms with Gasteiger partial charge in [0, 0.05) is 0 Å². The van der Waals surface area contributed by atoms with Crippen LogP contribution in [0.1, 0.15) is 5.56 Å². The minimum Gasteiger partial charge on any atom is -0.497 e. The summed E-state index contributed by atoms with van der Waals surface area (Å²) in [6.45, 7) is 0.221. The minimum atomic E-state index is -0.703. The molecule has 3 aromatic rings. The molecule has 1 aliphatic heterocycles. The minimum absolute atomic E-state index is 0.0757. The average molecular weight is 385 g/mol. The first-order chi connectivity index (χ1) is 13.6. The monoisotopic (exact) mass is 385 g/mol. The Morgan fingerprint density at radius 1 is 1.25 bits per heavy atom. The van der Waals surface area contributed by atoms with Crippen LogP contribution >= 0.6 is 0 Å². The first-order valence-electron chi connectivity index (χ1n) is 8.16. The standard InChI is InChI=1S/C17H15N5O6/c1-26-13-5-3-12(4-6-13)20-19-17(22(24)25)16(21(20)23)18-9-11-2-7-14-15(8-11)28-10-27-14/h2-8,23H,9-10H2,1H3. The second-order valence-corrected chi connectivity index (χ2v) is 5.79. The van der Waals surface area contributed by atoms with Gasteiger partial charge in [-0.15, -0.1) is 0 Å². The van der Waals surface area contributed by atoms with Crippen molar-refractivity contribution in [1.29, 1.82) is 0 Å². The van der Waals surface area contributed by atoms with Gasteiger partial charge in [-0.25, -0.2) is 0 Å². The predicted molar refractivity (Wildman–Crippen MR) is 93.8 cm³/mol. The van der Waals surface area contributed by atoms with Crippen LogP contribution in [0.25, 0.3) is 5.69 Å². The summed E-state index contributed by atoms with van der Waals surface area (Å²) in [5.74, 6) is 1.23. The molecule has 1 N–H and O–H groups in total. The number of nitro groups is 1. The number of fused-ring (bicyclic) bond motifs is 1. The van der Waals surface area contributed by atoms with Crippen molar-refractivity contribution in [1.82, 2.24) is 14.7 Å². The van der Waals surface area contributed by atoms with Crippen molar-refractivity contribution in [3.8, 4) is 22.9 Å². The van der Waals surface area contributed by atoms with Gasteiger partial charge in [0.2, 0.25) is 6.79 Å². The van der Waals surface area contributed by atoms with Crippen molar-refractivity contribution in [3.05, 3.63) is 63.6 Å². The Kier molecular flexibility index (Phi) is 4.32. The number of hydrogen-bond acceptors (Lipinski definition) is 8. The van der Waals surface area contributed by atoms with Crippen molar-refractivity contribution in [2.24, 2.45) is 4.99 Å². The van der Waals surface area contributed by atoms with Gasteiger partial charge >= 0.3 is 5.82 Å². The van der Waals surface area contributed by atoms with Crippen LogP contribution in [0.4, 0.5) is 5.82 Å². The van der Waals surface area contributed by atoms with E-state index in [0.717, 1.165) is 10.4 Å². The van der Waals surface area contributed by atoms with Gasteiger partial charge in [-0.1, -0.05) is 10.9 Å². The Morgan fingerprint density at radius 3 is 2.71 bits per heavy atom. The van der Waals surface area contributed by atoms with Gasteiger partial charge in [0.15, 0.2) is 11.5 Å². The molecular weight excluding hydrogens is 370 g/mol. The molecule has 0 saturated carbocycles. The van der Waals surface area contributed by atoms with E-state index in [-0.39, 0.29) is 18.8 Å². The van der Waals surface area contributed by atoms with E-state index in [1.807, 2.05) is 0 Å². The van der Waals surface area contributed by atoms with E-state index in [0.29, 0.717) is 27.8 Å². The topological polar surface area (TPSA) is 126 Å². The van der Waals surface area contributed by atoms with Crippen LogP contribution in [0.3, 0.4) is 0 Å². The van der Waals surface area contributed by atoms with Crippen LogP contribution in [0, 0.1) is 10.1 Å². The second kappa shape index (κ2) is 6.95. The molecular formula is C17H15N5O6. The van der Waals surface area contributed by atoms with Crippen LogP contribution in [-0.4, -0.2) is 38.8 Å². The highest BCUT2D eigenvalue weighted by Crippen LogP contribution is 2.32. The molecule has 0 radical (unpaired) electrons. The highest BCUT2D eigenvalue weighted by molar-refractivity contribution is 5.44. The van der Waals surface area contributed by atoms with Gasteiger partial charge in [0.05, 0.1) is 18.8 Å². The van der Waals surface area contributed by atoms with Crippen molar-refractivity contribution in [2.75, 3.05) is 13.9 Å². The molecule has 11 heteroatoms. The molecule has 144 valence electrons. The normalized spacial score (nSPS) is 13.0. The van der Waals surface area contributed by atoms with Crippen LogP contribution < -0.4 is 19.7 Å². The molecule has 0 unspecified atom stereocenters. The third-order valence-corrected chi connectivity index (χ3v) is 4.08. The largest absolute Gasteiger partial charge is 0.497 e. The van der Waals surface area contributed by atoms with Gasteiger partial charge in [-0.05, 0) is 51.7 Å². The Morgan fingerprint density at radius 2 is 2.00 bits per heavy atom. The fourth-order valence-corrected chi connectivity index (χ4v) is 2.70. The molecule has 11 nitrogen and oxygen atoms in total. The van der Waals surface area contributed by atoms with E-state index in [2.05, 4.69) is 10.1 Å². The molecule has 0 atom stereocenters. The van der Waals surface area contributed by atoms with Gasteiger partial charge < -0.3 is 29.5 Å². The Balaban J connectivity index is 1.72. The summed E-state index contributed by atoms with van der Waals surface area (Å²) in [5, 5.41) is 25.6. The lowest BCUT2D eigenvalue weighted by Gasteiger charge is -2.02. The third-order valence-electron chi connectivity index (χ3n) is 4.08. The summed E-state index contributed by atoms with van der Waals surface area (Å²) in [4.78, 5) is 16.4. The Hall–Kier alpha value is -4.02. The zero-order valence-corrected chi connectivity index (χ0v) is 14.7. The summed E-state index contributed by atoms with van der Waals surface area (Å²) in [5.41, 5.74) is 0.852. The molecule has 1 aliphatic rings. The zero-order chi connectivity index (χ0) is 19.7. The summed E-state index contributed by atoms with van der Waals surface area (Å²) in [6, 6.07) is 11.7. The van der Waals surface area contributed by atoms with Crippen molar-refractivity contribution >= 4 is 5.82 Å². The van der Waals surface area contributed by atoms with Gasteiger partial charge in [0.1, 0.15) is 11.4 Å². The van der Waals surface area contributed by atoms with E-state index in [4.69, 9.17) is 14.2 Å². The van der Waals surface area contributed by atoms with Gasteiger partial charge in [0.25, 0.3) is 5.49 Å². The quantitative estimate of drug-likeness (QED) is 0.402. The fourth-order valence-electron chi connectivity index (χ4n) is 2.70. The molecule has 0 spiro atoms. The van der Waals surface area contributed by atoms with Crippen LogP contribution in [0.15, 0.2) is 47.5 Å². The van der Waals surface area contributed by atoms with Crippen molar-refractivity contribution in [2.45, 2.75) is 6.54 Å². The summed E-state index contributed by atoms with van der Waals surface area (Å²) in [7, 11) is 1.52. The highest BCUT2D eigenvalue weighted by atomic mass is 16.7. The van der Waals surface area contributed by atoms with Crippen LogP contribution in [-0.2, 0) is 6.54 Å². The maximum Gasteiger partial charge on any atom is 0.438 e.